The fraction of sp³-hybridized carbons (Fsp3) is 0.188. The van der Waals surface area contributed by atoms with Crippen molar-refractivity contribution in [1.82, 2.24) is 0 Å². The van der Waals surface area contributed by atoms with Gasteiger partial charge < -0.3 is 10.4 Å². The van der Waals surface area contributed by atoms with Crippen LogP contribution in [0.1, 0.15) is 27.4 Å². The lowest BCUT2D eigenvalue weighted by Gasteiger charge is -2.30. The minimum atomic E-state index is -1.15. The topological polar surface area (TPSA) is 49.3 Å². The molecular weight excluding hydrogens is 337 g/mol. The highest BCUT2D eigenvalue weighted by Gasteiger charge is 2.25. The Kier molecular flexibility index (Phi) is 3.68. The third kappa shape index (κ3) is 2.53. The monoisotopic (exact) mass is 349 g/mol. The van der Waals surface area contributed by atoms with Gasteiger partial charge in [-0.05, 0) is 45.6 Å². The number of carboxylic acid groups (broad SMARTS) is 1. The highest BCUT2D eigenvalue weighted by Crippen LogP contribution is 2.35. The van der Waals surface area contributed by atoms with Crippen molar-refractivity contribution in [3.63, 3.8) is 0 Å². The van der Waals surface area contributed by atoms with E-state index in [4.69, 9.17) is 5.11 Å². The molecule has 1 atom stereocenters. The Morgan fingerprint density at radius 2 is 2.10 bits per heavy atom. The number of fused-ring (bicyclic) bond motifs is 1. The first-order valence-electron chi connectivity index (χ1n) is 6.61. The molecule has 0 fully saturated rings. The molecule has 0 spiro atoms. The zero-order valence-electron chi connectivity index (χ0n) is 11.1. The molecule has 0 radical (unpaired) electrons. The average molecular weight is 350 g/mol. The van der Waals surface area contributed by atoms with Crippen LogP contribution in [-0.4, -0.2) is 17.6 Å². The summed E-state index contributed by atoms with van der Waals surface area (Å²) in [7, 11) is 0. The van der Waals surface area contributed by atoms with Crippen LogP contribution in [0.5, 0.6) is 0 Å². The number of carbonyl (C=O) groups is 1. The van der Waals surface area contributed by atoms with Crippen LogP contribution in [0.25, 0.3) is 0 Å². The van der Waals surface area contributed by atoms with Crippen molar-refractivity contribution in [1.29, 1.82) is 0 Å². The molecule has 108 valence electrons. The molecule has 0 amide bonds. The van der Waals surface area contributed by atoms with Crippen molar-refractivity contribution in [2.24, 2.45) is 0 Å². The quantitative estimate of drug-likeness (QED) is 0.875. The Balaban J connectivity index is 1.73. The molecular formula is C16H13BrFNO2. The van der Waals surface area contributed by atoms with Gasteiger partial charge in [0.05, 0.1) is 15.7 Å². The summed E-state index contributed by atoms with van der Waals surface area (Å²) >= 11 is 3.00. The van der Waals surface area contributed by atoms with E-state index < -0.39 is 11.8 Å². The molecule has 0 bridgehead atoms. The van der Waals surface area contributed by atoms with Crippen molar-refractivity contribution in [2.45, 2.75) is 12.3 Å². The Labute approximate surface area is 129 Å². The second-order valence-corrected chi connectivity index (χ2v) is 5.87. The largest absolute Gasteiger partial charge is 0.478 e. The lowest BCUT2D eigenvalue weighted by atomic mass is 9.77. The van der Waals surface area contributed by atoms with Gasteiger partial charge in [0, 0.05) is 12.5 Å². The standard InChI is InChI=1S/C16H13BrFNO2/c17-14-12(16(20)21)5-6-13(15(14)18)19-8-10-7-9-3-1-2-4-11(9)10/h1-6,10,19H,7-8H2,(H,20,21). The molecule has 3 nitrogen and oxygen atoms in total. The molecule has 5 heteroatoms. The maximum absolute atomic E-state index is 14.1. The minimum absolute atomic E-state index is 0.0194. The van der Waals surface area contributed by atoms with Gasteiger partial charge in [0.2, 0.25) is 0 Å². The summed E-state index contributed by atoms with van der Waals surface area (Å²) < 4.78 is 14.1. The fourth-order valence-electron chi connectivity index (χ4n) is 2.63. The van der Waals surface area contributed by atoms with Crippen molar-refractivity contribution in [3.05, 3.63) is 63.4 Å². The van der Waals surface area contributed by atoms with Crippen LogP contribution in [-0.2, 0) is 6.42 Å². The van der Waals surface area contributed by atoms with Gasteiger partial charge in [-0.25, -0.2) is 9.18 Å². The summed E-state index contributed by atoms with van der Waals surface area (Å²) in [5, 5.41) is 12.0. The zero-order valence-corrected chi connectivity index (χ0v) is 12.7. The third-order valence-electron chi connectivity index (χ3n) is 3.81. The first-order chi connectivity index (χ1) is 10.1. The van der Waals surface area contributed by atoms with E-state index >= 15 is 0 Å². The molecule has 1 aliphatic carbocycles. The summed E-state index contributed by atoms with van der Waals surface area (Å²) in [5.74, 6) is -1.35. The second kappa shape index (κ2) is 5.48. The maximum Gasteiger partial charge on any atom is 0.336 e. The van der Waals surface area contributed by atoms with E-state index in [-0.39, 0.29) is 10.0 Å². The van der Waals surface area contributed by atoms with Crippen LogP contribution in [0.2, 0.25) is 0 Å². The summed E-state index contributed by atoms with van der Waals surface area (Å²) in [6.45, 7) is 0.632. The van der Waals surface area contributed by atoms with E-state index in [1.165, 1.54) is 23.3 Å². The predicted octanol–water partition coefficient (Wildman–Crippen LogP) is 4.04. The maximum atomic E-state index is 14.1. The Hall–Kier alpha value is -1.88. The van der Waals surface area contributed by atoms with Gasteiger partial charge in [-0.2, -0.15) is 0 Å². The highest BCUT2D eigenvalue weighted by molar-refractivity contribution is 9.10. The molecule has 0 heterocycles. The van der Waals surface area contributed by atoms with E-state index in [2.05, 4.69) is 33.4 Å². The Bertz CT molecular complexity index is 717. The van der Waals surface area contributed by atoms with Gasteiger partial charge in [-0.1, -0.05) is 24.3 Å². The molecule has 1 aliphatic rings. The van der Waals surface area contributed by atoms with E-state index in [9.17, 15) is 9.18 Å². The van der Waals surface area contributed by atoms with Crippen LogP contribution >= 0.6 is 15.9 Å². The van der Waals surface area contributed by atoms with Crippen molar-refractivity contribution in [3.8, 4) is 0 Å². The van der Waals surface area contributed by atoms with Crippen LogP contribution in [0, 0.1) is 5.82 Å². The van der Waals surface area contributed by atoms with Crippen LogP contribution < -0.4 is 5.32 Å². The summed E-state index contributed by atoms with van der Waals surface area (Å²) in [5.41, 5.74) is 2.88. The van der Waals surface area contributed by atoms with Crippen molar-refractivity contribution >= 4 is 27.6 Å². The number of nitrogens with one attached hydrogen (secondary N) is 1. The van der Waals surface area contributed by atoms with Gasteiger partial charge in [0.15, 0.2) is 5.82 Å². The summed E-state index contributed by atoms with van der Waals surface area (Å²) in [4.78, 5) is 10.9. The molecule has 0 saturated carbocycles. The minimum Gasteiger partial charge on any atom is -0.478 e. The van der Waals surface area contributed by atoms with E-state index in [1.54, 1.807) is 0 Å². The summed E-state index contributed by atoms with van der Waals surface area (Å²) in [6.07, 6.45) is 0.985. The molecule has 1 unspecified atom stereocenters. The Morgan fingerprint density at radius 3 is 2.81 bits per heavy atom. The van der Waals surface area contributed by atoms with E-state index in [1.807, 2.05) is 12.1 Å². The van der Waals surface area contributed by atoms with Crippen molar-refractivity contribution < 1.29 is 14.3 Å². The molecule has 0 aliphatic heterocycles. The molecule has 0 saturated heterocycles. The predicted molar refractivity (Wildman–Crippen MR) is 82.4 cm³/mol. The van der Waals surface area contributed by atoms with Gasteiger partial charge in [0.25, 0.3) is 0 Å². The van der Waals surface area contributed by atoms with Gasteiger partial charge >= 0.3 is 5.97 Å². The normalized spacial score (nSPS) is 16.0. The Morgan fingerprint density at radius 1 is 1.33 bits per heavy atom. The SMILES string of the molecule is O=C(O)c1ccc(NCC2Cc3ccccc32)c(F)c1Br. The second-order valence-electron chi connectivity index (χ2n) is 5.07. The number of halogens is 2. The molecule has 2 N–H and O–H groups in total. The zero-order chi connectivity index (χ0) is 15.0. The van der Waals surface area contributed by atoms with Gasteiger partial charge in [-0.3, -0.25) is 0 Å². The van der Waals surface area contributed by atoms with Gasteiger partial charge in [0.1, 0.15) is 0 Å². The number of hydrogen-bond acceptors (Lipinski definition) is 2. The lowest BCUT2D eigenvalue weighted by Crippen LogP contribution is -2.24. The summed E-state index contributed by atoms with van der Waals surface area (Å²) in [6, 6.07) is 11.1. The molecule has 21 heavy (non-hydrogen) atoms. The van der Waals surface area contributed by atoms with Crippen LogP contribution in [0.3, 0.4) is 0 Å². The smallest absolute Gasteiger partial charge is 0.336 e. The molecule has 2 aromatic rings. The lowest BCUT2D eigenvalue weighted by molar-refractivity contribution is 0.0695. The van der Waals surface area contributed by atoms with Crippen molar-refractivity contribution in [2.75, 3.05) is 11.9 Å². The molecule has 2 aromatic carbocycles. The number of hydrogen-bond donors (Lipinski definition) is 2. The number of carboxylic acids is 1. The van der Waals surface area contributed by atoms with E-state index in [0.717, 1.165) is 6.42 Å². The highest BCUT2D eigenvalue weighted by atomic mass is 79.9. The van der Waals surface area contributed by atoms with Crippen LogP contribution in [0.15, 0.2) is 40.9 Å². The number of anilines is 1. The van der Waals surface area contributed by atoms with Crippen LogP contribution in [0.4, 0.5) is 10.1 Å². The first-order valence-corrected chi connectivity index (χ1v) is 7.40. The van der Waals surface area contributed by atoms with E-state index in [0.29, 0.717) is 18.2 Å². The number of rotatable bonds is 4. The first kappa shape index (κ1) is 14.1. The average Bonchev–Trinajstić information content (AvgIpc) is 2.44. The molecule has 0 aromatic heterocycles. The van der Waals surface area contributed by atoms with Gasteiger partial charge in [-0.15, -0.1) is 0 Å². The number of aromatic carboxylic acids is 1. The third-order valence-corrected chi connectivity index (χ3v) is 4.59. The number of benzene rings is 2. The molecule has 3 rings (SSSR count). The fourth-order valence-corrected chi connectivity index (χ4v) is 3.14.